The number of amidine groups is 1. The van der Waals surface area contributed by atoms with E-state index in [1.54, 1.807) is 26.0 Å². The van der Waals surface area contributed by atoms with Gasteiger partial charge in [-0.15, -0.1) is 0 Å². The summed E-state index contributed by atoms with van der Waals surface area (Å²) in [6.07, 6.45) is 5.09. The number of hydrogen-bond donors (Lipinski definition) is 0. The quantitative estimate of drug-likeness (QED) is 0.851. The molecule has 0 aromatic heterocycles. The molecule has 0 amide bonds. The van der Waals surface area contributed by atoms with Crippen molar-refractivity contribution in [3.63, 3.8) is 0 Å². The third kappa shape index (κ3) is 2.10. The highest BCUT2D eigenvalue weighted by molar-refractivity contribution is 8.16. The standard InChI is InChI=1S/C17H20N2O2S/c1-20-15-8-7-11(9-16(15)21-2)14-10-22-17-18-12-5-3-4-6-13(12)19(14)17/h7-10,12-13H,3-6H2,1-2H3/t12-,13+/m0/s1. The smallest absolute Gasteiger partial charge is 0.168 e. The van der Waals surface area contributed by atoms with Gasteiger partial charge in [-0.3, -0.25) is 4.99 Å². The number of fused-ring (bicyclic) bond motifs is 3. The minimum atomic E-state index is 0.486. The van der Waals surface area contributed by atoms with Gasteiger partial charge in [0.25, 0.3) is 0 Å². The van der Waals surface area contributed by atoms with Gasteiger partial charge in [-0.1, -0.05) is 24.6 Å². The molecule has 1 aromatic carbocycles. The zero-order chi connectivity index (χ0) is 15.1. The van der Waals surface area contributed by atoms with Crippen molar-refractivity contribution in [1.29, 1.82) is 0 Å². The highest BCUT2D eigenvalue weighted by atomic mass is 32.2. The highest BCUT2D eigenvalue weighted by Crippen LogP contribution is 2.45. The third-order valence-electron chi connectivity index (χ3n) is 4.72. The molecule has 5 heteroatoms. The predicted molar refractivity (Wildman–Crippen MR) is 90.4 cm³/mol. The molecule has 0 saturated heterocycles. The molecule has 2 atom stereocenters. The van der Waals surface area contributed by atoms with Crippen molar-refractivity contribution in [1.82, 2.24) is 4.90 Å². The first-order valence-electron chi connectivity index (χ1n) is 7.78. The summed E-state index contributed by atoms with van der Waals surface area (Å²) in [6.45, 7) is 0. The largest absolute Gasteiger partial charge is 0.493 e. The Balaban J connectivity index is 1.67. The Labute approximate surface area is 135 Å². The van der Waals surface area contributed by atoms with E-state index >= 15 is 0 Å². The summed E-state index contributed by atoms with van der Waals surface area (Å²) in [4.78, 5) is 7.36. The number of benzene rings is 1. The van der Waals surface area contributed by atoms with Gasteiger partial charge in [0.15, 0.2) is 16.7 Å². The Hall–Kier alpha value is -1.62. The summed E-state index contributed by atoms with van der Waals surface area (Å²) >= 11 is 1.75. The lowest BCUT2D eigenvalue weighted by Crippen LogP contribution is -2.38. The molecule has 0 N–H and O–H groups in total. The van der Waals surface area contributed by atoms with Crippen molar-refractivity contribution >= 4 is 22.6 Å². The van der Waals surface area contributed by atoms with E-state index in [9.17, 15) is 0 Å². The molecule has 0 spiro atoms. The van der Waals surface area contributed by atoms with Crippen LogP contribution in [0.2, 0.25) is 0 Å². The van der Waals surface area contributed by atoms with Crippen molar-refractivity contribution in [2.45, 2.75) is 37.8 Å². The average Bonchev–Trinajstić information content (AvgIpc) is 3.13. The Morgan fingerprint density at radius 3 is 2.77 bits per heavy atom. The molecule has 4 rings (SSSR count). The summed E-state index contributed by atoms with van der Waals surface area (Å²) in [5.74, 6) is 1.54. The van der Waals surface area contributed by atoms with Crippen LogP contribution in [0.25, 0.3) is 5.70 Å². The van der Waals surface area contributed by atoms with E-state index in [4.69, 9.17) is 14.5 Å². The van der Waals surface area contributed by atoms with Gasteiger partial charge in [0.1, 0.15) is 0 Å². The molecule has 2 aliphatic heterocycles. The van der Waals surface area contributed by atoms with Crippen molar-refractivity contribution < 1.29 is 9.47 Å². The van der Waals surface area contributed by atoms with E-state index in [-0.39, 0.29) is 0 Å². The molecule has 3 aliphatic rings. The molecular formula is C17H20N2O2S. The topological polar surface area (TPSA) is 34.1 Å². The van der Waals surface area contributed by atoms with Crippen molar-refractivity contribution in [3.05, 3.63) is 29.2 Å². The van der Waals surface area contributed by atoms with Crippen molar-refractivity contribution in [3.8, 4) is 11.5 Å². The first-order chi connectivity index (χ1) is 10.8. The molecular weight excluding hydrogens is 296 g/mol. The van der Waals surface area contributed by atoms with Crippen LogP contribution in [-0.2, 0) is 0 Å². The first-order valence-corrected chi connectivity index (χ1v) is 8.66. The van der Waals surface area contributed by atoms with Gasteiger partial charge in [-0.2, -0.15) is 0 Å². The van der Waals surface area contributed by atoms with Crippen LogP contribution in [0.15, 0.2) is 28.6 Å². The zero-order valence-electron chi connectivity index (χ0n) is 12.9. The van der Waals surface area contributed by atoms with Crippen LogP contribution in [0.4, 0.5) is 0 Å². The van der Waals surface area contributed by atoms with E-state index in [2.05, 4.69) is 22.4 Å². The lowest BCUT2D eigenvalue weighted by atomic mass is 9.90. The minimum absolute atomic E-state index is 0.486. The number of aliphatic imine (C=N–C) groups is 1. The van der Waals surface area contributed by atoms with Crippen LogP contribution >= 0.6 is 11.8 Å². The highest BCUT2D eigenvalue weighted by Gasteiger charge is 2.42. The monoisotopic (exact) mass is 316 g/mol. The number of ether oxygens (including phenoxy) is 2. The molecule has 0 bridgehead atoms. The number of hydrogen-bond acceptors (Lipinski definition) is 5. The summed E-state index contributed by atoms with van der Waals surface area (Å²) < 4.78 is 10.8. The van der Waals surface area contributed by atoms with E-state index in [0.717, 1.165) is 11.5 Å². The van der Waals surface area contributed by atoms with E-state index in [0.29, 0.717) is 12.1 Å². The first kappa shape index (κ1) is 14.0. The minimum Gasteiger partial charge on any atom is -0.493 e. The van der Waals surface area contributed by atoms with Crippen LogP contribution in [-0.4, -0.2) is 36.4 Å². The van der Waals surface area contributed by atoms with Crippen LogP contribution in [0.3, 0.4) is 0 Å². The SMILES string of the molecule is COc1ccc(C2=CSC3=N[C@H]4CCCC[C@H]4N23)cc1OC. The lowest BCUT2D eigenvalue weighted by Gasteiger charge is -2.32. The predicted octanol–water partition coefficient (Wildman–Crippen LogP) is 3.73. The number of methoxy groups -OCH3 is 2. The average molecular weight is 316 g/mol. The molecule has 22 heavy (non-hydrogen) atoms. The fraction of sp³-hybridized carbons (Fsp3) is 0.471. The summed E-state index contributed by atoms with van der Waals surface area (Å²) in [5.41, 5.74) is 2.42. The summed E-state index contributed by atoms with van der Waals surface area (Å²) in [7, 11) is 3.35. The second-order valence-electron chi connectivity index (χ2n) is 5.89. The van der Waals surface area contributed by atoms with Crippen LogP contribution < -0.4 is 9.47 Å². The van der Waals surface area contributed by atoms with Gasteiger partial charge < -0.3 is 14.4 Å². The van der Waals surface area contributed by atoms with E-state index < -0.39 is 0 Å². The Morgan fingerprint density at radius 1 is 1.14 bits per heavy atom. The van der Waals surface area contributed by atoms with Gasteiger partial charge in [0.2, 0.25) is 0 Å². The second kappa shape index (κ2) is 5.54. The second-order valence-corrected chi connectivity index (χ2v) is 6.73. The number of thioether (sulfide) groups is 1. The molecule has 4 nitrogen and oxygen atoms in total. The van der Waals surface area contributed by atoms with Gasteiger partial charge in [-0.25, -0.2) is 0 Å². The molecule has 1 saturated carbocycles. The summed E-state index contributed by atoms with van der Waals surface area (Å²) in [5, 5.41) is 3.38. The van der Waals surface area contributed by atoms with Gasteiger partial charge in [0.05, 0.1) is 32.0 Å². The maximum absolute atomic E-state index is 5.45. The maximum atomic E-state index is 5.45. The van der Waals surface area contributed by atoms with Crippen molar-refractivity contribution in [2.24, 2.45) is 4.99 Å². The van der Waals surface area contributed by atoms with Crippen LogP contribution in [0, 0.1) is 0 Å². The maximum Gasteiger partial charge on any atom is 0.168 e. The lowest BCUT2D eigenvalue weighted by molar-refractivity contribution is 0.305. The van der Waals surface area contributed by atoms with Crippen LogP contribution in [0.1, 0.15) is 31.2 Å². The van der Waals surface area contributed by atoms with Crippen molar-refractivity contribution in [2.75, 3.05) is 14.2 Å². The molecule has 1 aliphatic carbocycles. The molecule has 1 aromatic rings. The number of rotatable bonds is 3. The molecule has 0 unspecified atom stereocenters. The molecule has 0 radical (unpaired) electrons. The number of nitrogens with zero attached hydrogens (tertiary/aromatic N) is 2. The Kier molecular flexibility index (Phi) is 3.53. The van der Waals surface area contributed by atoms with Gasteiger partial charge in [0, 0.05) is 11.0 Å². The Morgan fingerprint density at radius 2 is 1.95 bits per heavy atom. The summed E-state index contributed by atoms with van der Waals surface area (Å²) in [6, 6.07) is 7.17. The molecule has 2 heterocycles. The fourth-order valence-corrected chi connectivity index (χ4v) is 4.64. The molecule has 1 fully saturated rings. The normalized spacial score (nSPS) is 26.2. The van der Waals surface area contributed by atoms with E-state index in [1.165, 1.54) is 42.1 Å². The Bertz CT molecular complexity index is 656. The fourth-order valence-electron chi connectivity index (χ4n) is 3.63. The van der Waals surface area contributed by atoms with E-state index in [1.807, 2.05) is 6.07 Å². The van der Waals surface area contributed by atoms with Gasteiger partial charge >= 0.3 is 0 Å². The van der Waals surface area contributed by atoms with Crippen LogP contribution in [0.5, 0.6) is 11.5 Å². The zero-order valence-corrected chi connectivity index (χ0v) is 13.7. The third-order valence-corrected chi connectivity index (χ3v) is 5.58. The molecule has 116 valence electrons. The van der Waals surface area contributed by atoms with Gasteiger partial charge in [-0.05, 0) is 31.0 Å².